The molecule has 0 saturated carbocycles. The van der Waals surface area contributed by atoms with Gasteiger partial charge in [-0.1, -0.05) is 60.5 Å². The molecule has 240 valence electrons. The van der Waals surface area contributed by atoms with Crippen molar-refractivity contribution in [3.05, 3.63) is 82.0 Å². The van der Waals surface area contributed by atoms with Gasteiger partial charge in [0.15, 0.2) is 0 Å². The molecule has 0 unspecified atom stereocenters. The SMILES string of the molecule is C=CCC=C(/C(Cl)=C(\CC)c1cnc(CN2CCC[C@@H]2COC)c(OC)n1)c1cccc(-c2cnc(CNC)c(OC)n2)c1Cl. The Kier molecular flexibility index (Phi) is 12.9. The van der Waals surface area contributed by atoms with Gasteiger partial charge in [-0.05, 0) is 50.4 Å². The summed E-state index contributed by atoms with van der Waals surface area (Å²) in [4.78, 5) is 21.3. The van der Waals surface area contributed by atoms with Gasteiger partial charge in [-0.15, -0.1) is 6.58 Å². The predicted octanol–water partition coefficient (Wildman–Crippen LogP) is 6.95. The molecule has 1 aliphatic heterocycles. The number of hydrogen-bond acceptors (Lipinski definition) is 9. The minimum atomic E-state index is 0.359. The quantitative estimate of drug-likeness (QED) is 0.138. The van der Waals surface area contributed by atoms with Crippen molar-refractivity contribution in [2.24, 2.45) is 0 Å². The average Bonchev–Trinajstić information content (AvgIpc) is 3.49. The van der Waals surface area contributed by atoms with E-state index in [9.17, 15) is 0 Å². The van der Waals surface area contributed by atoms with Crippen molar-refractivity contribution in [3.8, 4) is 23.0 Å². The fourth-order valence-electron chi connectivity index (χ4n) is 5.54. The van der Waals surface area contributed by atoms with Crippen molar-refractivity contribution in [1.29, 1.82) is 0 Å². The van der Waals surface area contributed by atoms with E-state index in [1.165, 1.54) is 0 Å². The molecule has 9 nitrogen and oxygen atoms in total. The number of allylic oxidation sites excluding steroid dienone is 5. The van der Waals surface area contributed by atoms with Gasteiger partial charge >= 0.3 is 0 Å². The van der Waals surface area contributed by atoms with E-state index < -0.39 is 0 Å². The Morgan fingerprint density at radius 2 is 1.87 bits per heavy atom. The highest BCUT2D eigenvalue weighted by Crippen LogP contribution is 2.41. The van der Waals surface area contributed by atoms with Crippen LogP contribution in [-0.2, 0) is 17.8 Å². The zero-order valence-electron chi connectivity index (χ0n) is 26.7. The normalized spacial score (nSPS) is 16.1. The van der Waals surface area contributed by atoms with Crippen LogP contribution in [0.3, 0.4) is 0 Å². The van der Waals surface area contributed by atoms with Crippen molar-refractivity contribution < 1.29 is 14.2 Å². The lowest BCUT2D eigenvalue weighted by molar-refractivity contribution is 0.110. The molecule has 4 rings (SSSR count). The van der Waals surface area contributed by atoms with Crippen LogP contribution in [0.25, 0.3) is 22.4 Å². The molecule has 3 aromatic rings. The lowest BCUT2D eigenvalue weighted by Crippen LogP contribution is -2.32. The fourth-order valence-corrected chi connectivity index (χ4v) is 6.27. The summed E-state index contributed by atoms with van der Waals surface area (Å²) >= 11 is 14.4. The first kappa shape index (κ1) is 34.5. The zero-order chi connectivity index (χ0) is 32.3. The van der Waals surface area contributed by atoms with Gasteiger partial charge in [-0.3, -0.25) is 14.9 Å². The minimum absolute atomic E-state index is 0.359. The van der Waals surface area contributed by atoms with Gasteiger partial charge in [0.2, 0.25) is 11.8 Å². The highest BCUT2D eigenvalue weighted by molar-refractivity contribution is 6.42. The molecule has 0 amide bonds. The summed E-state index contributed by atoms with van der Waals surface area (Å²) in [6, 6.07) is 6.14. The van der Waals surface area contributed by atoms with Gasteiger partial charge in [-0.25, -0.2) is 9.97 Å². The molecule has 3 heterocycles. The maximum Gasteiger partial charge on any atom is 0.237 e. The van der Waals surface area contributed by atoms with Crippen LogP contribution in [0, 0.1) is 0 Å². The Hall–Kier alpha value is -3.34. The van der Waals surface area contributed by atoms with Gasteiger partial charge in [0.05, 0.1) is 54.7 Å². The summed E-state index contributed by atoms with van der Waals surface area (Å²) in [5.74, 6) is 0.920. The number of aromatic nitrogens is 4. The van der Waals surface area contributed by atoms with Crippen molar-refractivity contribution in [3.63, 3.8) is 0 Å². The third-order valence-electron chi connectivity index (χ3n) is 7.78. The van der Waals surface area contributed by atoms with Crippen LogP contribution in [0.5, 0.6) is 11.8 Å². The van der Waals surface area contributed by atoms with Crippen molar-refractivity contribution in [2.45, 2.75) is 51.7 Å². The summed E-state index contributed by atoms with van der Waals surface area (Å²) in [6.07, 6.45) is 10.7. The second kappa shape index (κ2) is 16.8. The highest BCUT2D eigenvalue weighted by atomic mass is 35.5. The monoisotopic (exact) mass is 652 g/mol. The molecule has 1 aromatic carbocycles. The maximum atomic E-state index is 7.25. The van der Waals surface area contributed by atoms with Crippen LogP contribution in [0.4, 0.5) is 0 Å². The van der Waals surface area contributed by atoms with Gasteiger partial charge in [0.1, 0.15) is 11.4 Å². The van der Waals surface area contributed by atoms with Crippen LogP contribution >= 0.6 is 23.2 Å². The molecule has 0 spiro atoms. The molecule has 0 radical (unpaired) electrons. The number of rotatable bonds is 15. The topological polar surface area (TPSA) is 94.5 Å². The van der Waals surface area contributed by atoms with Crippen LogP contribution in [0.15, 0.2) is 54.4 Å². The van der Waals surface area contributed by atoms with Crippen molar-refractivity contribution >= 4 is 34.3 Å². The van der Waals surface area contributed by atoms with Gasteiger partial charge in [0.25, 0.3) is 0 Å². The first-order chi connectivity index (χ1) is 21.9. The minimum Gasteiger partial charge on any atom is -0.480 e. The average molecular weight is 654 g/mol. The zero-order valence-corrected chi connectivity index (χ0v) is 28.2. The summed E-state index contributed by atoms with van der Waals surface area (Å²) < 4.78 is 16.7. The van der Waals surface area contributed by atoms with E-state index >= 15 is 0 Å². The van der Waals surface area contributed by atoms with E-state index in [1.54, 1.807) is 33.7 Å². The number of hydrogen-bond donors (Lipinski definition) is 1. The largest absolute Gasteiger partial charge is 0.480 e. The standard InChI is InChI=1S/C34H42Cl2N6O3/c1-7-9-13-24(25-14-10-15-26(32(25)36)28-19-38-29(17-37-3)33(41-28)44-5)31(35)23(8-2)27-18-39-30(34(40-27)45-6)20-42-16-11-12-22(42)21-43-4/h7,10,13-15,18-19,22,37H,1,8-9,11-12,16-17,20-21H2,2-6H3/b24-13?,31-23-/t22-/m1/s1. The molecule has 45 heavy (non-hydrogen) atoms. The highest BCUT2D eigenvalue weighted by Gasteiger charge is 2.27. The molecular formula is C34H42Cl2N6O3. The Morgan fingerprint density at radius 1 is 1.11 bits per heavy atom. The molecular weight excluding hydrogens is 611 g/mol. The number of likely N-dealkylation sites (tertiary alicyclic amines) is 1. The van der Waals surface area contributed by atoms with Crippen molar-refractivity contribution in [2.75, 3.05) is 41.5 Å². The molecule has 1 saturated heterocycles. The molecule has 1 N–H and O–H groups in total. The molecule has 1 atom stereocenters. The molecule has 1 fully saturated rings. The molecule has 0 bridgehead atoms. The second-order valence-electron chi connectivity index (χ2n) is 10.6. The van der Waals surface area contributed by atoms with Gasteiger partial charge in [-0.2, -0.15) is 0 Å². The van der Waals surface area contributed by atoms with Gasteiger partial charge in [0, 0.05) is 37.4 Å². The maximum absolute atomic E-state index is 7.25. The first-order valence-corrected chi connectivity index (χ1v) is 15.8. The van der Waals surface area contributed by atoms with Gasteiger partial charge < -0.3 is 19.5 Å². The first-order valence-electron chi connectivity index (χ1n) is 15.1. The van der Waals surface area contributed by atoms with E-state index in [0.29, 0.717) is 83.0 Å². The number of halogens is 2. The van der Waals surface area contributed by atoms with E-state index in [1.807, 2.05) is 44.3 Å². The van der Waals surface area contributed by atoms with Crippen LogP contribution in [-0.4, -0.2) is 72.4 Å². The molecule has 0 aliphatic carbocycles. The predicted molar refractivity (Wildman–Crippen MR) is 182 cm³/mol. The lowest BCUT2D eigenvalue weighted by Gasteiger charge is -2.24. The van der Waals surface area contributed by atoms with E-state index in [2.05, 4.69) is 21.8 Å². The number of methoxy groups -OCH3 is 3. The third kappa shape index (κ3) is 8.09. The summed E-state index contributed by atoms with van der Waals surface area (Å²) in [7, 11) is 6.78. The van der Waals surface area contributed by atoms with E-state index in [-0.39, 0.29) is 0 Å². The lowest BCUT2D eigenvalue weighted by atomic mass is 9.96. The molecule has 11 heteroatoms. The van der Waals surface area contributed by atoms with Crippen molar-refractivity contribution in [1.82, 2.24) is 30.2 Å². The summed E-state index contributed by atoms with van der Waals surface area (Å²) in [5, 5.41) is 4.10. The van der Waals surface area contributed by atoms with E-state index in [0.717, 1.165) is 41.8 Å². The Labute approximate surface area is 276 Å². The summed E-state index contributed by atoms with van der Waals surface area (Å²) in [5.41, 5.74) is 5.77. The number of ether oxygens (including phenoxy) is 3. The van der Waals surface area contributed by atoms with E-state index in [4.69, 9.17) is 52.4 Å². The van der Waals surface area contributed by atoms with Crippen LogP contribution in [0.1, 0.15) is 55.3 Å². The Balaban J connectivity index is 1.75. The second-order valence-corrected chi connectivity index (χ2v) is 11.4. The number of nitrogens with zero attached hydrogens (tertiary/aromatic N) is 5. The Morgan fingerprint density at radius 3 is 2.56 bits per heavy atom. The molecule has 1 aliphatic rings. The Bertz CT molecular complexity index is 1540. The van der Waals surface area contributed by atoms with Crippen LogP contribution < -0.4 is 14.8 Å². The number of nitrogens with one attached hydrogen (secondary N) is 1. The summed E-state index contributed by atoms with van der Waals surface area (Å²) in [6.45, 7) is 8.79. The van der Waals surface area contributed by atoms with Crippen LogP contribution in [0.2, 0.25) is 5.02 Å². The molecule has 2 aromatic heterocycles. The smallest absolute Gasteiger partial charge is 0.237 e. The number of benzene rings is 1. The third-order valence-corrected chi connectivity index (χ3v) is 8.62. The fraction of sp³-hybridized carbons (Fsp3) is 0.412.